The summed E-state index contributed by atoms with van der Waals surface area (Å²) in [6.07, 6.45) is 1.81. The molecule has 4 heteroatoms. The third-order valence-electron chi connectivity index (χ3n) is 2.34. The molecule has 0 radical (unpaired) electrons. The molecule has 1 saturated carbocycles. The lowest BCUT2D eigenvalue weighted by Gasteiger charge is -2.11. The smallest absolute Gasteiger partial charge is 0.123 e. The van der Waals surface area contributed by atoms with E-state index < -0.39 is 0 Å². The molecule has 0 atom stereocenters. The van der Waals surface area contributed by atoms with E-state index in [9.17, 15) is 4.39 Å². The summed E-state index contributed by atoms with van der Waals surface area (Å²) in [7, 11) is 0. The standard InChI is InChI=1S/C9H11FN2.ClH/c10-6-1-2-8(11)7(5-6)9(12)3-4-9;/h1-2,5H,3-4,11-12H2;1H. The van der Waals surface area contributed by atoms with Gasteiger partial charge in [-0.15, -0.1) is 12.4 Å². The highest BCUT2D eigenvalue weighted by Crippen LogP contribution is 2.44. The van der Waals surface area contributed by atoms with E-state index in [0.29, 0.717) is 5.69 Å². The van der Waals surface area contributed by atoms with E-state index in [0.717, 1.165) is 18.4 Å². The van der Waals surface area contributed by atoms with Crippen molar-refractivity contribution in [2.75, 3.05) is 5.73 Å². The zero-order valence-corrected chi connectivity index (χ0v) is 7.90. The molecular weight excluding hydrogens is 191 g/mol. The van der Waals surface area contributed by atoms with Gasteiger partial charge >= 0.3 is 0 Å². The maximum atomic E-state index is 12.8. The average molecular weight is 203 g/mol. The van der Waals surface area contributed by atoms with Gasteiger partial charge in [-0.05, 0) is 36.6 Å². The zero-order valence-electron chi connectivity index (χ0n) is 7.09. The van der Waals surface area contributed by atoms with Crippen molar-refractivity contribution < 1.29 is 4.39 Å². The fourth-order valence-corrected chi connectivity index (χ4v) is 1.36. The van der Waals surface area contributed by atoms with Crippen LogP contribution in [-0.4, -0.2) is 0 Å². The minimum Gasteiger partial charge on any atom is -0.398 e. The minimum absolute atomic E-state index is 0. The van der Waals surface area contributed by atoms with Crippen molar-refractivity contribution in [3.8, 4) is 0 Å². The average Bonchev–Trinajstić information content (AvgIpc) is 2.75. The van der Waals surface area contributed by atoms with Crippen LogP contribution in [0.25, 0.3) is 0 Å². The lowest BCUT2D eigenvalue weighted by molar-refractivity contribution is 0.619. The van der Waals surface area contributed by atoms with Crippen molar-refractivity contribution in [2.45, 2.75) is 18.4 Å². The minimum atomic E-state index is -0.341. The van der Waals surface area contributed by atoms with E-state index in [-0.39, 0.29) is 23.8 Å². The number of anilines is 1. The van der Waals surface area contributed by atoms with E-state index in [1.807, 2.05) is 0 Å². The van der Waals surface area contributed by atoms with Crippen molar-refractivity contribution in [3.05, 3.63) is 29.6 Å². The quantitative estimate of drug-likeness (QED) is 0.682. The fourth-order valence-electron chi connectivity index (χ4n) is 1.36. The second kappa shape index (κ2) is 3.16. The van der Waals surface area contributed by atoms with Gasteiger partial charge in [-0.25, -0.2) is 4.39 Å². The Kier molecular flexibility index (Phi) is 2.50. The van der Waals surface area contributed by atoms with Crippen molar-refractivity contribution >= 4 is 18.1 Å². The Bertz CT molecular complexity index is 323. The molecule has 72 valence electrons. The second-order valence-corrected chi connectivity index (χ2v) is 3.39. The monoisotopic (exact) mass is 202 g/mol. The van der Waals surface area contributed by atoms with Crippen LogP contribution in [0.15, 0.2) is 18.2 Å². The van der Waals surface area contributed by atoms with Gasteiger partial charge in [0.05, 0.1) is 0 Å². The lowest BCUT2D eigenvalue weighted by Crippen LogP contribution is -2.20. The molecule has 0 spiro atoms. The van der Waals surface area contributed by atoms with Crippen LogP contribution in [0.4, 0.5) is 10.1 Å². The molecule has 2 nitrogen and oxygen atoms in total. The molecule has 1 fully saturated rings. The lowest BCUT2D eigenvalue weighted by atomic mass is 10.0. The van der Waals surface area contributed by atoms with Crippen LogP contribution >= 0.6 is 12.4 Å². The Morgan fingerprint density at radius 3 is 2.46 bits per heavy atom. The molecule has 1 aromatic carbocycles. The van der Waals surface area contributed by atoms with Crippen LogP contribution in [0.1, 0.15) is 18.4 Å². The van der Waals surface area contributed by atoms with Crippen LogP contribution in [0.2, 0.25) is 0 Å². The molecule has 0 unspecified atom stereocenters. The molecule has 2 rings (SSSR count). The van der Waals surface area contributed by atoms with Crippen LogP contribution < -0.4 is 11.5 Å². The first-order valence-corrected chi connectivity index (χ1v) is 3.96. The van der Waals surface area contributed by atoms with Crippen molar-refractivity contribution in [3.63, 3.8) is 0 Å². The van der Waals surface area contributed by atoms with Gasteiger partial charge in [0.1, 0.15) is 5.82 Å². The first kappa shape index (κ1) is 10.3. The molecule has 1 aliphatic rings. The summed E-state index contributed by atoms with van der Waals surface area (Å²) in [5.74, 6) is -0.268. The molecule has 1 aliphatic carbocycles. The number of halogens is 2. The molecular formula is C9H12ClFN2. The highest BCUT2D eigenvalue weighted by atomic mass is 35.5. The van der Waals surface area contributed by atoms with Gasteiger partial charge in [0, 0.05) is 11.2 Å². The summed E-state index contributed by atoms with van der Waals surface area (Å²) >= 11 is 0. The largest absolute Gasteiger partial charge is 0.398 e. The van der Waals surface area contributed by atoms with Crippen LogP contribution in [0, 0.1) is 5.82 Å². The van der Waals surface area contributed by atoms with Gasteiger partial charge in [0.15, 0.2) is 0 Å². The van der Waals surface area contributed by atoms with E-state index >= 15 is 0 Å². The Morgan fingerprint density at radius 2 is 1.92 bits per heavy atom. The molecule has 0 saturated heterocycles. The van der Waals surface area contributed by atoms with Gasteiger partial charge in [-0.3, -0.25) is 0 Å². The third-order valence-corrected chi connectivity index (χ3v) is 2.34. The number of nitrogen functional groups attached to an aromatic ring is 1. The predicted molar refractivity (Wildman–Crippen MR) is 53.2 cm³/mol. The van der Waals surface area contributed by atoms with Gasteiger partial charge in [-0.1, -0.05) is 0 Å². The first-order chi connectivity index (χ1) is 5.62. The van der Waals surface area contributed by atoms with Gasteiger partial charge < -0.3 is 11.5 Å². The fraction of sp³-hybridized carbons (Fsp3) is 0.333. The summed E-state index contributed by atoms with van der Waals surface area (Å²) in [6.45, 7) is 0. The Morgan fingerprint density at radius 1 is 1.31 bits per heavy atom. The Balaban J connectivity index is 0.000000845. The summed E-state index contributed by atoms with van der Waals surface area (Å²) < 4.78 is 12.8. The Hall–Kier alpha value is -0.800. The molecule has 0 aliphatic heterocycles. The number of rotatable bonds is 1. The maximum Gasteiger partial charge on any atom is 0.123 e. The number of benzene rings is 1. The Labute approximate surface area is 82.5 Å². The van der Waals surface area contributed by atoms with E-state index in [2.05, 4.69) is 0 Å². The summed E-state index contributed by atoms with van der Waals surface area (Å²) in [5.41, 5.74) is 12.6. The topological polar surface area (TPSA) is 52.0 Å². The molecule has 1 aromatic rings. The van der Waals surface area contributed by atoms with Gasteiger partial charge in [0.25, 0.3) is 0 Å². The number of hydrogen-bond acceptors (Lipinski definition) is 2. The SMILES string of the molecule is Cl.Nc1ccc(F)cc1C1(N)CC1. The summed E-state index contributed by atoms with van der Waals surface area (Å²) in [4.78, 5) is 0. The normalized spacial score (nSPS) is 17.7. The van der Waals surface area contributed by atoms with Gasteiger partial charge in [0.2, 0.25) is 0 Å². The molecule has 0 bridgehead atoms. The van der Waals surface area contributed by atoms with Crippen LogP contribution in [-0.2, 0) is 5.54 Å². The van der Waals surface area contributed by atoms with E-state index in [1.54, 1.807) is 6.07 Å². The predicted octanol–water partition coefficient (Wildman–Crippen LogP) is 1.78. The maximum absolute atomic E-state index is 12.8. The second-order valence-electron chi connectivity index (χ2n) is 3.39. The number of hydrogen-bond donors (Lipinski definition) is 2. The molecule has 4 N–H and O–H groups in total. The molecule has 13 heavy (non-hydrogen) atoms. The van der Waals surface area contributed by atoms with E-state index in [1.165, 1.54) is 12.1 Å². The first-order valence-electron chi connectivity index (χ1n) is 3.96. The highest BCUT2D eigenvalue weighted by molar-refractivity contribution is 5.85. The van der Waals surface area contributed by atoms with Crippen LogP contribution in [0.3, 0.4) is 0 Å². The third kappa shape index (κ3) is 1.76. The van der Waals surface area contributed by atoms with Crippen molar-refractivity contribution in [1.29, 1.82) is 0 Å². The van der Waals surface area contributed by atoms with Gasteiger partial charge in [-0.2, -0.15) is 0 Å². The summed E-state index contributed by atoms with van der Waals surface area (Å²) in [5, 5.41) is 0. The molecule has 0 amide bonds. The molecule has 0 aromatic heterocycles. The van der Waals surface area contributed by atoms with E-state index in [4.69, 9.17) is 11.5 Å². The van der Waals surface area contributed by atoms with Crippen molar-refractivity contribution in [2.24, 2.45) is 5.73 Å². The van der Waals surface area contributed by atoms with Crippen molar-refractivity contribution in [1.82, 2.24) is 0 Å². The number of nitrogens with two attached hydrogens (primary N) is 2. The van der Waals surface area contributed by atoms with Crippen LogP contribution in [0.5, 0.6) is 0 Å². The molecule has 0 heterocycles. The highest BCUT2D eigenvalue weighted by Gasteiger charge is 2.41. The summed E-state index contributed by atoms with van der Waals surface area (Å²) in [6, 6.07) is 4.35. The zero-order chi connectivity index (χ0) is 8.77.